The first-order valence-corrected chi connectivity index (χ1v) is 13.9. The number of benzene rings is 3. The van der Waals surface area contributed by atoms with Crippen LogP contribution in [0.3, 0.4) is 0 Å². The van der Waals surface area contributed by atoms with Crippen LogP contribution in [0.1, 0.15) is 60.2 Å². The average Bonchev–Trinajstić information content (AvgIpc) is 3.53. The Kier molecular flexibility index (Phi) is 8.12. The summed E-state index contributed by atoms with van der Waals surface area (Å²) in [7, 11) is 0. The van der Waals surface area contributed by atoms with E-state index in [1.807, 2.05) is 24.4 Å². The van der Waals surface area contributed by atoms with E-state index in [9.17, 15) is 4.79 Å². The van der Waals surface area contributed by atoms with Crippen LogP contribution in [0.25, 0.3) is 10.9 Å². The summed E-state index contributed by atoms with van der Waals surface area (Å²) >= 11 is 0. The minimum Gasteiger partial charge on any atom is -0.361 e. The fourth-order valence-corrected chi connectivity index (χ4v) is 5.01. The zero-order chi connectivity index (χ0) is 28.1. The van der Waals surface area contributed by atoms with Gasteiger partial charge in [0.15, 0.2) is 5.82 Å². The van der Waals surface area contributed by atoms with Crippen LogP contribution in [-0.4, -0.2) is 31.2 Å². The SMILES string of the molecule is Cc1ccc(Cn2c(CCCc3ccccc3)nnc2[C@@H](Cc2c[nH]c3ccccc23)NC(=O)C(C)(C)N)cc1. The van der Waals surface area contributed by atoms with Gasteiger partial charge in [-0.05, 0) is 56.4 Å². The third-order valence-electron chi connectivity index (χ3n) is 7.33. The van der Waals surface area contributed by atoms with Gasteiger partial charge < -0.3 is 20.6 Å². The molecule has 0 radical (unpaired) electrons. The lowest BCUT2D eigenvalue weighted by Gasteiger charge is -2.25. The van der Waals surface area contributed by atoms with E-state index in [4.69, 9.17) is 10.8 Å². The second-order valence-electron chi connectivity index (χ2n) is 11.2. The van der Waals surface area contributed by atoms with Crippen LogP contribution in [0, 0.1) is 6.92 Å². The molecule has 0 spiro atoms. The first-order chi connectivity index (χ1) is 19.3. The maximum Gasteiger partial charge on any atom is 0.240 e. The number of nitrogens with zero attached hydrogens (tertiary/aromatic N) is 3. The van der Waals surface area contributed by atoms with E-state index in [1.54, 1.807) is 13.8 Å². The van der Waals surface area contributed by atoms with E-state index in [0.717, 1.165) is 52.9 Å². The largest absolute Gasteiger partial charge is 0.361 e. The molecule has 0 aliphatic rings. The summed E-state index contributed by atoms with van der Waals surface area (Å²) in [6.45, 7) is 6.15. The summed E-state index contributed by atoms with van der Waals surface area (Å²) in [6.07, 6.45) is 5.26. The molecule has 0 unspecified atom stereocenters. The van der Waals surface area contributed by atoms with Crippen molar-refractivity contribution in [3.8, 4) is 0 Å². The lowest BCUT2D eigenvalue weighted by atomic mass is 10.0. The number of hydrogen-bond acceptors (Lipinski definition) is 4. The summed E-state index contributed by atoms with van der Waals surface area (Å²) in [6, 6.07) is 26.8. The Morgan fingerprint density at radius 2 is 1.68 bits per heavy atom. The average molecular weight is 535 g/mol. The minimum atomic E-state index is -1.03. The highest BCUT2D eigenvalue weighted by molar-refractivity contribution is 5.86. The minimum absolute atomic E-state index is 0.229. The molecule has 5 aromatic rings. The van der Waals surface area contributed by atoms with Gasteiger partial charge in [0.05, 0.1) is 18.1 Å². The van der Waals surface area contributed by atoms with Gasteiger partial charge in [0, 0.05) is 29.9 Å². The van der Waals surface area contributed by atoms with E-state index in [2.05, 4.69) is 87.6 Å². The molecule has 7 heteroatoms. The molecule has 0 saturated carbocycles. The normalized spacial score (nSPS) is 12.5. The molecule has 0 aliphatic heterocycles. The molecule has 0 aliphatic carbocycles. The van der Waals surface area contributed by atoms with Crippen molar-refractivity contribution in [1.82, 2.24) is 25.1 Å². The molecule has 1 amide bonds. The maximum absolute atomic E-state index is 13.2. The summed E-state index contributed by atoms with van der Waals surface area (Å²) in [5, 5.41) is 13.7. The number of hydrogen-bond donors (Lipinski definition) is 3. The van der Waals surface area contributed by atoms with Crippen molar-refractivity contribution >= 4 is 16.8 Å². The van der Waals surface area contributed by atoms with Gasteiger partial charge in [-0.25, -0.2) is 0 Å². The van der Waals surface area contributed by atoms with Crippen molar-refractivity contribution in [3.05, 3.63) is 119 Å². The number of nitrogens with two attached hydrogens (primary N) is 1. The highest BCUT2D eigenvalue weighted by Gasteiger charge is 2.29. The molecule has 4 N–H and O–H groups in total. The third-order valence-corrected chi connectivity index (χ3v) is 7.33. The van der Waals surface area contributed by atoms with Crippen molar-refractivity contribution < 1.29 is 4.79 Å². The fourth-order valence-electron chi connectivity index (χ4n) is 5.01. The van der Waals surface area contributed by atoms with Crippen molar-refractivity contribution in [1.29, 1.82) is 0 Å². The van der Waals surface area contributed by atoms with Gasteiger partial charge in [0.2, 0.25) is 5.91 Å². The molecule has 5 rings (SSSR count). The topological polar surface area (TPSA) is 102 Å². The zero-order valence-electron chi connectivity index (χ0n) is 23.5. The van der Waals surface area contributed by atoms with Crippen molar-refractivity contribution in [2.24, 2.45) is 5.73 Å². The quantitative estimate of drug-likeness (QED) is 0.210. The highest BCUT2D eigenvalue weighted by atomic mass is 16.2. The second-order valence-corrected chi connectivity index (χ2v) is 11.2. The number of para-hydroxylation sites is 1. The molecule has 0 saturated heterocycles. The second kappa shape index (κ2) is 11.9. The van der Waals surface area contributed by atoms with E-state index in [-0.39, 0.29) is 5.91 Å². The number of aromatic amines is 1. The number of carbonyl (C=O) groups is 1. The van der Waals surface area contributed by atoms with Crippen LogP contribution < -0.4 is 11.1 Å². The van der Waals surface area contributed by atoms with Gasteiger partial charge in [-0.2, -0.15) is 0 Å². The monoisotopic (exact) mass is 534 g/mol. The number of aryl methyl sites for hydroxylation is 3. The molecule has 0 fully saturated rings. The van der Waals surface area contributed by atoms with E-state index >= 15 is 0 Å². The smallest absolute Gasteiger partial charge is 0.240 e. The number of H-pyrrole nitrogens is 1. The van der Waals surface area contributed by atoms with E-state index < -0.39 is 11.6 Å². The van der Waals surface area contributed by atoms with Gasteiger partial charge in [-0.1, -0.05) is 78.4 Å². The summed E-state index contributed by atoms with van der Waals surface area (Å²) in [4.78, 5) is 16.5. The lowest BCUT2D eigenvalue weighted by molar-refractivity contribution is -0.126. The van der Waals surface area contributed by atoms with E-state index in [0.29, 0.717) is 13.0 Å². The zero-order valence-corrected chi connectivity index (χ0v) is 23.5. The number of nitrogens with one attached hydrogen (secondary N) is 2. The van der Waals surface area contributed by atoms with Crippen LogP contribution in [0.4, 0.5) is 0 Å². The maximum atomic E-state index is 13.2. The van der Waals surface area contributed by atoms with Crippen molar-refractivity contribution in [3.63, 3.8) is 0 Å². The van der Waals surface area contributed by atoms with E-state index in [1.165, 1.54) is 11.1 Å². The van der Waals surface area contributed by atoms with Crippen LogP contribution in [0.2, 0.25) is 0 Å². The predicted octanol–water partition coefficient (Wildman–Crippen LogP) is 5.43. The molecule has 2 aromatic heterocycles. The fraction of sp³-hybridized carbons (Fsp3) is 0.303. The van der Waals surface area contributed by atoms with Crippen LogP contribution >= 0.6 is 0 Å². The third kappa shape index (κ3) is 6.49. The van der Waals surface area contributed by atoms with Crippen LogP contribution in [0.5, 0.6) is 0 Å². The molecule has 0 bridgehead atoms. The standard InChI is InChI=1S/C33H38N6O/c1-23-16-18-25(19-17-23)22-39-30(15-9-12-24-10-5-4-6-11-24)37-38-31(39)29(36-32(40)33(2,3)34)20-26-21-35-28-14-8-7-13-27(26)28/h4-8,10-11,13-14,16-19,21,29,35H,9,12,15,20,22,34H2,1-3H3,(H,36,40)/t29-/m1/s1. The van der Waals surface area contributed by atoms with Crippen molar-refractivity contribution in [2.45, 2.75) is 64.6 Å². The van der Waals surface area contributed by atoms with Gasteiger partial charge in [0.25, 0.3) is 0 Å². The van der Waals surface area contributed by atoms with Gasteiger partial charge in [0.1, 0.15) is 5.82 Å². The Morgan fingerprint density at radius 3 is 2.42 bits per heavy atom. The molecule has 7 nitrogen and oxygen atoms in total. The summed E-state index contributed by atoms with van der Waals surface area (Å²) in [5.74, 6) is 1.42. The molecule has 206 valence electrons. The first-order valence-electron chi connectivity index (χ1n) is 13.9. The summed E-state index contributed by atoms with van der Waals surface area (Å²) < 4.78 is 2.18. The van der Waals surface area contributed by atoms with Crippen molar-refractivity contribution in [2.75, 3.05) is 0 Å². The Balaban J connectivity index is 1.50. The highest BCUT2D eigenvalue weighted by Crippen LogP contribution is 2.26. The summed E-state index contributed by atoms with van der Waals surface area (Å²) in [5.41, 5.74) is 11.0. The number of fused-ring (bicyclic) bond motifs is 1. The van der Waals surface area contributed by atoms with Gasteiger partial charge in [-0.15, -0.1) is 10.2 Å². The molecule has 1 atom stereocenters. The van der Waals surface area contributed by atoms with Crippen LogP contribution in [-0.2, 0) is 30.6 Å². The Hall–Kier alpha value is -4.23. The van der Waals surface area contributed by atoms with Gasteiger partial charge >= 0.3 is 0 Å². The first kappa shape index (κ1) is 27.3. The molecule has 2 heterocycles. The Labute approximate surface area is 235 Å². The Bertz CT molecular complexity index is 1560. The molecular formula is C33H38N6O. The number of rotatable bonds is 11. The van der Waals surface area contributed by atoms with Gasteiger partial charge in [-0.3, -0.25) is 4.79 Å². The molecule has 3 aromatic carbocycles. The number of aromatic nitrogens is 4. The number of carbonyl (C=O) groups excluding carboxylic acids is 1. The number of amides is 1. The lowest BCUT2D eigenvalue weighted by Crippen LogP contribution is -2.50. The molecule has 40 heavy (non-hydrogen) atoms. The van der Waals surface area contributed by atoms with Crippen LogP contribution in [0.15, 0.2) is 85.1 Å². The Morgan fingerprint density at radius 1 is 0.950 bits per heavy atom. The predicted molar refractivity (Wildman–Crippen MR) is 160 cm³/mol. The molecular weight excluding hydrogens is 496 g/mol.